The first kappa shape index (κ1) is 11.3. The Balaban J connectivity index is 0.00000121. The summed E-state index contributed by atoms with van der Waals surface area (Å²) in [7, 11) is 0. The monoisotopic (exact) mass is 224 g/mol. The highest BCUT2D eigenvalue weighted by atomic mass is 79.9. The lowest BCUT2D eigenvalue weighted by Gasteiger charge is -1.96. The Labute approximate surface area is 84.8 Å². The lowest BCUT2D eigenvalue weighted by molar-refractivity contribution is 0.922. The molecule has 1 rings (SSSR count). The standard InChI is InChI=1S/C11H12.BrH/c1-3-5-11-8-6-10(4-2)7-9-11;/h2,6-9H,3,5H2,1H3;1H. The third-order valence-corrected chi connectivity index (χ3v) is 1.66. The Morgan fingerprint density at radius 1 is 1.25 bits per heavy atom. The van der Waals surface area contributed by atoms with Gasteiger partial charge in [-0.1, -0.05) is 31.4 Å². The van der Waals surface area contributed by atoms with E-state index in [2.05, 4.69) is 25.0 Å². The van der Waals surface area contributed by atoms with Gasteiger partial charge >= 0.3 is 0 Å². The maximum absolute atomic E-state index is 5.22. The summed E-state index contributed by atoms with van der Waals surface area (Å²) in [5.74, 6) is 2.60. The normalized spacial score (nSPS) is 8.33. The van der Waals surface area contributed by atoms with E-state index < -0.39 is 0 Å². The first-order valence-corrected chi connectivity index (χ1v) is 3.92. The van der Waals surface area contributed by atoms with Crippen molar-refractivity contribution >= 4 is 17.0 Å². The van der Waals surface area contributed by atoms with E-state index in [9.17, 15) is 0 Å². The molecule has 0 amide bonds. The fraction of sp³-hybridized carbons (Fsp3) is 0.273. The summed E-state index contributed by atoms with van der Waals surface area (Å²) < 4.78 is 0. The largest absolute Gasteiger partial charge is 0.115 e. The lowest BCUT2D eigenvalue weighted by atomic mass is 10.1. The number of aryl methyl sites for hydroxylation is 1. The molecule has 12 heavy (non-hydrogen) atoms. The maximum atomic E-state index is 5.22. The molecule has 0 atom stereocenters. The molecule has 0 spiro atoms. The second-order valence-corrected chi connectivity index (χ2v) is 2.59. The Morgan fingerprint density at radius 3 is 2.25 bits per heavy atom. The van der Waals surface area contributed by atoms with Crippen LogP contribution in [0.2, 0.25) is 0 Å². The van der Waals surface area contributed by atoms with E-state index >= 15 is 0 Å². The van der Waals surface area contributed by atoms with Crippen LogP contribution in [0.3, 0.4) is 0 Å². The molecule has 0 nitrogen and oxygen atoms in total. The third-order valence-electron chi connectivity index (χ3n) is 1.66. The zero-order chi connectivity index (χ0) is 8.10. The number of terminal acetylenes is 1. The number of benzene rings is 1. The molecule has 0 aliphatic heterocycles. The summed E-state index contributed by atoms with van der Waals surface area (Å²) in [6.07, 6.45) is 7.56. The van der Waals surface area contributed by atoms with Gasteiger partial charge in [-0.15, -0.1) is 23.4 Å². The molecule has 0 fully saturated rings. The Kier molecular flexibility index (Phi) is 5.49. The number of halogens is 1. The average Bonchev–Trinajstić information content (AvgIpc) is 2.07. The van der Waals surface area contributed by atoms with Crippen LogP contribution in [-0.4, -0.2) is 0 Å². The van der Waals surface area contributed by atoms with Gasteiger partial charge in [-0.25, -0.2) is 0 Å². The first-order valence-electron chi connectivity index (χ1n) is 3.92. The first-order chi connectivity index (χ1) is 5.36. The molecule has 0 heterocycles. The Bertz CT molecular complexity index is 253. The van der Waals surface area contributed by atoms with Gasteiger partial charge in [0.15, 0.2) is 0 Å². The summed E-state index contributed by atoms with van der Waals surface area (Å²) in [6.45, 7) is 2.18. The molecule has 0 unspecified atom stereocenters. The predicted molar refractivity (Wildman–Crippen MR) is 58.7 cm³/mol. The predicted octanol–water partition coefficient (Wildman–Crippen LogP) is 3.20. The summed E-state index contributed by atoms with van der Waals surface area (Å²) in [4.78, 5) is 0. The SMILES string of the molecule is Br.C#Cc1ccc(CCC)cc1. The number of hydrogen-bond donors (Lipinski definition) is 0. The quantitative estimate of drug-likeness (QED) is 0.678. The molecule has 0 aliphatic carbocycles. The molecule has 64 valence electrons. The smallest absolute Gasteiger partial charge is 0.0242 e. The molecule has 0 N–H and O–H groups in total. The van der Waals surface area contributed by atoms with Gasteiger partial charge in [-0.2, -0.15) is 0 Å². The average molecular weight is 225 g/mol. The van der Waals surface area contributed by atoms with Crippen molar-refractivity contribution < 1.29 is 0 Å². The van der Waals surface area contributed by atoms with E-state index in [0.717, 1.165) is 12.0 Å². The fourth-order valence-electron chi connectivity index (χ4n) is 1.06. The summed E-state index contributed by atoms with van der Waals surface area (Å²) >= 11 is 0. The van der Waals surface area contributed by atoms with Crippen LogP contribution < -0.4 is 0 Å². The van der Waals surface area contributed by atoms with E-state index in [0.29, 0.717) is 0 Å². The number of rotatable bonds is 2. The molecule has 0 saturated carbocycles. The van der Waals surface area contributed by atoms with Gasteiger partial charge in [-0.3, -0.25) is 0 Å². The lowest BCUT2D eigenvalue weighted by Crippen LogP contribution is -1.82. The van der Waals surface area contributed by atoms with Crippen molar-refractivity contribution in [3.63, 3.8) is 0 Å². The molecular weight excluding hydrogens is 212 g/mol. The van der Waals surface area contributed by atoms with E-state index in [-0.39, 0.29) is 17.0 Å². The summed E-state index contributed by atoms with van der Waals surface area (Å²) in [5.41, 5.74) is 2.33. The van der Waals surface area contributed by atoms with Gasteiger partial charge in [0.25, 0.3) is 0 Å². The summed E-state index contributed by atoms with van der Waals surface area (Å²) in [6, 6.07) is 8.17. The van der Waals surface area contributed by atoms with Gasteiger partial charge in [0, 0.05) is 5.56 Å². The molecule has 1 aromatic rings. The van der Waals surface area contributed by atoms with Crippen LogP contribution in [0.25, 0.3) is 0 Å². The molecule has 1 heteroatoms. The summed E-state index contributed by atoms with van der Waals surface area (Å²) in [5, 5.41) is 0. The molecule has 1 aromatic carbocycles. The van der Waals surface area contributed by atoms with Crippen LogP contribution in [0.1, 0.15) is 24.5 Å². The van der Waals surface area contributed by atoms with Gasteiger partial charge in [-0.05, 0) is 24.1 Å². The van der Waals surface area contributed by atoms with Gasteiger partial charge in [0.2, 0.25) is 0 Å². The van der Waals surface area contributed by atoms with Crippen molar-refractivity contribution in [2.24, 2.45) is 0 Å². The number of hydrogen-bond acceptors (Lipinski definition) is 0. The van der Waals surface area contributed by atoms with Crippen LogP contribution in [0.4, 0.5) is 0 Å². The molecule has 0 radical (unpaired) electrons. The highest BCUT2D eigenvalue weighted by Crippen LogP contribution is 2.04. The third kappa shape index (κ3) is 3.11. The zero-order valence-electron chi connectivity index (χ0n) is 7.21. The zero-order valence-corrected chi connectivity index (χ0v) is 8.92. The molecular formula is C11H13Br. The van der Waals surface area contributed by atoms with Crippen molar-refractivity contribution in [3.8, 4) is 12.3 Å². The van der Waals surface area contributed by atoms with Gasteiger partial charge in [0.05, 0.1) is 0 Å². The minimum Gasteiger partial charge on any atom is -0.115 e. The Morgan fingerprint density at radius 2 is 1.83 bits per heavy atom. The van der Waals surface area contributed by atoms with Crippen LogP contribution in [-0.2, 0) is 6.42 Å². The van der Waals surface area contributed by atoms with E-state index in [1.165, 1.54) is 12.0 Å². The maximum Gasteiger partial charge on any atom is 0.0242 e. The second kappa shape index (κ2) is 5.85. The topological polar surface area (TPSA) is 0 Å². The highest BCUT2D eigenvalue weighted by Gasteiger charge is 1.89. The fourth-order valence-corrected chi connectivity index (χ4v) is 1.06. The van der Waals surface area contributed by atoms with Crippen molar-refractivity contribution in [1.29, 1.82) is 0 Å². The van der Waals surface area contributed by atoms with Crippen molar-refractivity contribution in [2.75, 3.05) is 0 Å². The van der Waals surface area contributed by atoms with E-state index in [4.69, 9.17) is 6.42 Å². The van der Waals surface area contributed by atoms with Gasteiger partial charge < -0.3 is 0 Å². The van der Waals surface area contributed by atoms with Crippen LogP contribution in [0.5, 0.6) is 0 Å². The van der Waals surface area contributed by atoms with Crippen molar-refractivity contribution in [2.45, 2.75) is 19.8 Å². The van der Waals surface area contributed by atoms with E-state index in [1.807, 2.05) is 12.1 Å². The van der Waals surface area contributed by atoms with Gasteiger partial charge in [0.1, 0.15) is 0 Å². The molecule has 0 bridgehead atoms. The van der Waals surface area contributed by atoms with Crippen LogP contribution >= 0.6 is 17.0 Å². The van der Waals surface area contributed by atoms with Crippen molar-refractivity contribution in [1.82, 2.24) is 0 Å². The minimum atomic E-state index is 0. The highest BCUT2D eigenvalue weighted by molar-refractivity contribution is 8.93. The van der Waals surface area contributed by atoms with E-state index in [1.54, 1.807) is 0 Å². The molecule has 0 aromatic heterocycles. The Hall–Kier alpha value is -0.740. The minimum absolute atomic E-state index is 0. The second-order valence-electron chi connectivity index (χ2n) is 2.59. The van der Waals surface area contributed by atoms with Crippen LogP contribution in [0, 0.1) is 12.3 Å². The molecule has 0 saturated heterocycles. The molecule has 0 aliphatic rings. The van der Waals surface area contributed by atoms with Crippen LogP contribution in [0.15, 0.2) is 24.3 Å². The van der Waals surface area contributed by atoms with Crippen molar-refractivity contribution in [3.05, 3.63) is 35.4 Å².